The van der Waals surface area contributed by atoms with E-state index in [-0.39, 0.29) is 12.0 Å². The fourth-order valence-electron chi connectivity index (χ4n) is 1.29. The molecule has 0 aliphatic heterocycles. The number of hydrogen-bond acceptors (Lipinski definition) is 3. The Hall–Kier alpha value is -1.95. The number of carbonyl (C=O) groups excluding carboxylic acids is 1. The molecular formula is C15H18O3. The van der Waals surface area contributed by atoms with Gasteiger partial charge in [0.05, 0.1) is 7.11 Å². The summed E-state index contributed by atoms with van der Waals surface area (Å²) in [6.45, 7) is 6.10. The lowest BCUT2D eigenvalue weighted by Gasteiger charge is -2.08. The monoisotopic (exact) mass is 246 g/mol. The molecule has 96 valence electrons. The zero-order valence-corrected chi connectivity index (χ0v) is 11.2. The number of rotatable bonds is 3. The number of hydrogen-bond donors (Lipinski definition) is 0. The van der Waals surface area contributed by atoms with Crippen molar-refractivity contribution < 1.29 is 14.3 Å². The Morgan fingerprint density at radius 1 is 1.28 bits per heavy atom. The summed E-state index contributed by atoms with van der Waals surface area (Å²) in [5.41, 5.74) is 0.328. The molecule has 0 saturated carbocycles. The van der Waals surface area contributed by atoms with Gasteiger partial charge in [-0.2, -0.15) is 0 Å². The lowest BCUT2D eigenvalue weighted by molar-refractivity contribution is 0.0552. The summed E-state index contributed by atoms with van der Waals surface area (Å²) in [5.74, 6) is 5.91. The minimum Gasteiger partial charge on any atom is -0.496 e. The van der Waals surface area contributed by atoms with E-state index in [0.29, 0.717) is 11.3 Å². The largest absolute Gasteiger partial charge is 0.496 e. The lowest BCUT2D eigenvalue weighted by atomic mass is 9.98. The van der Waals surface area contributed by atoms with Crippen LogP contribution in [0.5, 0.6) is 5.75 Å². The number of para-hydroxylation sites is 1. The smallest absolute Gasteiger partial charge is 0.342 e. The summed E-state index contributed by atoms with van der Waals surface area (Å²) >= 11 is 0. The maximum Gasteiger partial charge on any atom is 0.342 e. The van der Waals surface area contributed by atoms with Crippen molar-refractivity contribution in [1.29, 1.82) is 0 Å². The molecule has 0 aromatic heterocycles. The van der Waals surface area contributed by atoms with Crippen LogP contribution in [0.1, 0.15) is 31.1 Å². The van der Waals surface area contributed by atoms with Crippen molar-refractivity contribution in [3.63, 3.8) is 0 Å². The van der Waals surface area contributed by atoms with Gasteiger partial charge in [0.15, 0.2) is 6.61 Å². The van der Waals surface area contributed by atoms with Crippen molar-refractivity contribution in [2.45, 2.75) is 20.8 Å². The third-order valence-corrected chi connectivity index (χ3v) is 2.07. The van der Waals surface area contributed by atoms with Crippen LogP contribution < -0.4 is 4.74 Å². The van der Waals surface area contributed by atoms with Crippen molar-refractivity contribution in [2.75, 3.05) is 13.7 Å². The molecule has 0 spiro atoms. The van der Waals surface area contributed by atoms with E-state index in [2.05, 4.69) is 11.8 Å². The molecule has 0 heterocycles. The normalized spacial score (nSPS) is 10.2. The summed E-state index contributed by atoms with van der Waals surface area (Å²) in [5, 5.41) is 0. The van der Waals surface area contributed by atoms with Crippen LogP contribution in [0, 0.1) is 17.3 Å². The molecule has 0 atom stereocenters. The van der Waals surface area contributed by atoms with E-state index in [4.69, 9.17) is 9.47 Å². The molecule has 0 aliphatic rings. The number of methoxy groups -OCH3 is 1. The molecule has 0 radical (unpaired) electrons. The Kier molecular flexibility index (Phi) is 4.79. The van der Waals surface area contributed by atoms with Gasteiger partial charge in [0.1, 0.15) is 11.3 Å². The van der Waals surface area contributed by atoms with Gasteiger partial charge in [-0.3, -0.25) is 0 Å². The zero-order chi connectivity index (χ0) is 13.6. The van der Waals surface area contributed by atoms with Crippen LogP contribution in [0.2, 0.25) is 0 Å². The highest BCUT2D eigenvalue weighted by Crippen LogP contribution is 2.18. The highest BCUT2D eigenvalue weighted by molar-refractivity contribution is 5.92. The highest BCUT2D eigenvalue weighted by atomic mass is 16.5. The van der Waals surface area contributed by atoms with Crippen LogP contribution in [0.3, 0.4) is 0 Å². The van der Waals surface area contributed by atoms with Crippen molar-refractivity contribution in [3.8, 4) is 17.6 Å². The van der Waals surface area contributed by atoms with Gasteiger partial charge in [-0.1, -0.05) is 24.0 Å². The molecule has 18 heavy (non-hydrogen) atoms. The average Bonchev–Trinajstić information content (AvgIpc) is 2.33. The van der Waals surface area contributed by atoms with Gasteiger partial charge in [0, 0.05) is 5.41 Å². The molecule has 0 amide bonds. The third kappa shape index (κ3) is 4.50. The lowest BCUT2D eigenvalue weighted by Crippen LogP contribution is -2.08. The van der Waals surface area contributed by atoms with E-state index in [1.165, 1.54) is 7.11 Å². The molecule has 0 saturated heterocycles. The van der Waals surface area contributed by atoms with Crippen molar-refractivity contribution >= 4 is 5.97 Å². The van der Waals surface area contributed by atoms with Crippen LogP contribution in [0.25, 0.3) is 0 Å². The summed E-state index contributed by atoms with van der Waals surface area (Å²) in [6, 6.07) is 6.95. The molecule has 1 rings (SSSR count). The van der Waals surface area contributed by atoms with Gasteiger partial charge in [0.25, 0.3) is 0 Å². The molecule has 3 heteroatoms. The predicted octanol–water partition coefficient (Wildman–Crippen LogP) is 2.90. The second-order valence-corrected chi connectivity index (χ2v) is 4.83. The van der Waals surface area contributed by atoms with Crippen molar-refractivity contribution in [2.24, 2.45) is 5.41 Å². The first-order valence-corrected chi connectivity index (χ1v) is 5.74. The van der Waals surface area contributed by atoms with E-state index in [1.807, 2.05) is 20.8 Å². The minimum absolute atomic E-state index is 0.0865. The quantitative estimate of drug-likeness (QED) is 0.607. The molecule has 0 aliphatic carbocycles. The Bertz CT molecular complexity index is 472. The van der Waals surface area contributed by atoms with Crippen molar-refractivity contribution in [3.05, 3.63) is 29.8 Å². The molecule has 0 N–H and O–H groups in total. The number of benzene rings is 1. The van der Waals surface area contributed by atoms with E-state index in [1.54, 1.807) is 24.3 Å². The van der Waals surface area contributed by atoms with Crippen LogP contribution in [-0.2, 0) is 4.74 Å². The molecule has 1 aromatic carbocycles. The molecule has 0 bridgehead atoms. The van der Waals surface area contributed by atoms with Crippen LogP contribution >= 0.6 is 0 Å². The van der Waals surface area contributed by atoms with Gasteiger partial charge in [-0.25, -0.2) is 4.79 Å². The molecule has 0 fully saturated rings. The molecular weight excluding hydrogens is 228 g/mol. The van der Waals surface area contributed by atoms with E-state index in [9.17, 15) is 4.79 Å². The predicted molar refractivity (Wildman–Crippen MR) is 70.5 cm³/mol. The van der Waals surface area contributed by atoms with Gasteiger partial charge in [-0.15, -0.1) is 0 Å². The van der Waals surface area contributed by atoms with Crippen LogP contribution in [-0.4, -0.2) is 19.7 Å². The Morgan fingerprint density at radius 3 is 2.56 bits per heavy atom. The van der Waals surface area contributed by atoms with Gasteiger partial charge < -0.3 is 9.47 Å². The first kappa shape index (κ1) is 14.1. The maximum atomic E-state index is 11.8. The first-order valence-electron chi connectivity index (χ1n) is 5.74. The molecule has 0 unspecified atom stereocenters. The van der Waals surface area contributed by atoms with E-state index < -0.39 is 5.97 Å². The third-order valence-electron chi connectivity index (χ3n) is 2.07. The van der Waals surface area contributed by atoms with E-state index in [0.717, 1.165) is 0 Å². The standard InChI is InChI=1S/C15H18O3/c1-15(2,3)10-7-11-18-14(16)12-8-5-6-9-13(12)17-4/h5-6,8-9H,11H2,1-4H3. The zero-order valence-electron chi connectivity index (χ0n) is 11.2. The Morgan fingerprint density at radius 2 is 1.94 bits per heavy atom. The summed E-state index contributed by atoms with van der Waals surface area (Å²) in [6.07, 6.45) is 0. The number of ether oxygens (including phenoxy) is 2. The average molecular weight is 246 g/mol. The second-order valence-electron chi connectivity index (χ2n) is 4.83. The second kappa shape index (κ2) is 6.11. The van der Waals surface area contributed by atoms with Crippen molar-refractivity contribution in [1.82, 2.24) is 0 Å². The van der Waals surface area contributed by atoms with E-state index >= 15 is 0 Å². The first-order chi connectivity index (χ1) is 8.44. The summed E-state index contributed by atoms with van der Waals surface area (Å²) in [4.78, 5) is 11.8. The fourth-order valence-corrected chi connectivity index (χ4v) is 1.29. The van der Waals surface area contributed by atoms with Gasteiger partial charge >= 0.3 is 5.97 Å². The van der Waals surface area contributed by atoms with Crippen LogP contribution in [0.4, 0.5) is 0 Å². The summed E-state index contributed by atoms with van der Waals surface area (Å²) < 4.78 is 10.2. The Labute approximate surface area is 108 Å². The van der Waals surface area contributed by atoms with Gasteiger partial charge in [0.2, 0.25) is 0 Å². The SMILES string of the molecule is COc1ccccc1C(=O)OCC#CC(C)(C)C. The summed E-state index contributed by atoms with van der Waals surface area (Å²) in [7, 11) is 1.52. The topological polar surface area (TPSA) is 35.5 Å². The molecule has 3 nitrogen and oxygen atoms in total. The number of carbonyl (C=O) groups is 1. The van der Waals surface area contributed by atoms with Crippen LogP contribution in [0.15, 0.2) is 24.3 Å². The number of esters is 1. The highest BCUT2D eigenvalue weighted by Gasteiger charge is 2.12. The van der Waals surface area contributed by atoms with Gasteiger partial charge in [-0.05, 0) is 32.9 Å². The minimum atomic E-state index is -0.421. The Balaban J connectivity index is 2.63. The fraction of sp³-hybridized carbons (Fsp3) is 0.400. The maximum absolute atomic E-state index is 11.8. The molecule has 1 aromatic rings.